The minimum Gasteiger partial charge on any atom is -0.352 e. The van der Waals surface area contributed by atoms with Crippen LogP contribution >= 0.6 is 15.9 Å². The quantitative estimate of drug-likeness (QED) is 0.650. The van der Waals surface area contributed by atoms with Gasteiger partial charge >= 0.3 is 0 Å². The molecule has 8 heteroatoms. The van der Waals surface area contributed by atoms with Gasteiger partial charge < -0.3 is 11.1 Å². The van der Waals surface area contributed by atoms with E-state index in [2.05, 4.69) is 21.2 Å². The summed E-state index contributed by atoms with van der Waals surface area (Å²) in [6, 6.07) is 2.96. The van der Waals surface area contributed by atoms with Crippen molar-refractivity contribution in [2.24, 2.45) is 10.9 Å². The zero-order valence-corrected chi connectivity index (χ0v) is 13.6. The molecule has 5 N–H and O–H groups in total. The van der Waals surface area contributed by atoms with Gasteiger partial charge in [-0.2, -0.15) is 0 Å². The Labute approximate surface area is 127 Å². The zero-order valence-electron chi connectivity index (χ0n) is 11.1. The van der Waals surface area contributed by atoms with Crippen molar-refractivity contribution in [1.29, 1.82) is 0 Å². The maximum absolute atomic E-state index is 12.1. The second kappa shape index (κ2) is 7.16. The number of carbonyl (C=O) groups excluding carboxylic acids is 1. The molecule has 1 aromatic carbocycles. The number of unbranched alkanes of at least 4 members (excludes halogenated alkanes) is 1. The second-order valence-corrected chi connectivity index (χ2v) is 6.82. The first-order valence-corrected chi connectivity index (χ1v) is 8.42. The van der Waals surface area contributed by atoms with E-state index in [4.69, 9.17) is 10.9 Å². The predicted molar refractivity (Wildman–Crippen MR) is 80.9 cm³/mol. The molecule has 20 heavy (non-hydrogen) atoms. The highest BCUT2D eigenvalue weighted by Gasteiger charge is 2.19. The molecule has 0 aromatic heterocycles. The van der Waals surface area contributed by atoms with E-state index in [1.807, 2.05) is 0 Å². The number of sulfonamides is 1. The van der Waals surface area contributed by atoms with Gasteiger partial charge in [-0.1, -0.05) is 15.9 Å². The van der Waals surface area contributed by atoms with Crippen molar-refractivity contribution in [2.75, 3.05) is 13.1 Å². The van der Waals surface area contributed by atoms with Crippen LogP contribution in [0.4, 0.5) is 0 Å². The first-order chi connectivity index (χ1) is 9.27. The van der Waals surface area contributed by atoms with Crippen molar-refractivity contribution in [3.8, 4) is 0 Å². The van der Waals surface area contributed by atoms with E-state index in [1.54, 1.807) is 13.0 Å². The van der Waals surface area contributed by atoms with Gasteiger partial charge in [-0.3, -0.25) is 4.79 Å². The maximum atomic E-state index is 12.1. The molecule has 0 fully saturated rings. The molecule has 1 aromatic rings. The molecule has 0 radical (unpaired) electrons. The fraction of sp³-hybridized carbons (Fsp3) is 0.417. The average Bonchev–Trinajstić information content (AvgIpc) is 2.35. The lowest BCUT2D eigenvalue weighted by Gasteiger charge is -2.11. The number of amides is 1. The molecule has 1 amide bonds. The minimum absolute atomic E-state index is 0.0565. The SMILES string of the molecule is Cc1c(C(=O)NCCCCN)cc(Br)cc1S(N)(=O)=O. The van der Waals surface area contributed by atoms with E-state index in [-0.39, 0.29) is 16.4 Å². The molecule has 6 nitrogen and oxygen atoms in total. The normalized spacial score (nSPS) is 11.4. The summed E-state index contributed by atoms with van der Waals surface area (Å²) in [5, 5.41) is 7.87. The summed E-state index contributed by atoms with van der Waals surface area (Å²) in [5.41, 5.74) is 6.00. The van der Waals surface area contributed by atoms with Crippen LogP contribution in [0.2, 0.25) is 0 Å². The van der Waals surface area contributed by atoms with Crippen molar-refractivity contribution < 1.29 is 13.2 Å². The number of rotatable bonds is 6. The zero-order chi connectivity index (χ0) is 15.3. The fourth-order valence-electron chi connectivity index (χ4n) is 1.75. The lowest BCUT2D eigenvalue weighted by molar-refractivity contribution is 0.0952. The van der Waals surface area contributed by atoms with Gasteiger partial charge in [0.25, 0.3) is 5.91 Å². The summed E-state index contributed by atoms with van der Waals surface area (Å²) >= 11 is 3.18. The highest BCUT2D eigenvalue weighted by molar-refractivity contribution is 9.10. The highest BCUT2D eigenvalue weighted by Crippen LogP contribution is 2.24. The molecule has 0 spiro atoms. The van der Waals surface area contributed by atoms with Crippen molar-refractivity contribution in [1.82, 2.24) is 5.32 Å². The summed E-state index contributed by atoms with van der Waals surface area (Å²) in [6.07, 6.45) is 1.59. The van der Waals surface area contributed by atoms with Crippen molar-refractivity contribution in [3.63, 3.8) is 0 Å². The fourth-order valence-corrected chi connectivity index (χ4v) is 3.19. The third-order valence-corrected chi connectivity index (χ3v) is 4.29. The first kappa shape index (κ1) is 17.1. The summed E-state index contributed by atoms with van der Waals surface area (Å²) in [6.45, 7) is 2.62. The van der Waals surface area contributed by atoms with Gasteiger partial charge in [-0.15, -0.1) is 0 Å². The van der Waals surface area contributed by atoms with E-state index in [0.29, 0.717) is 23.1 Å². The molecule has 0 unspecified atom stereocenters. The maximum Gasteiger partial charge on any atom is 0.251 e. The first-order valence-electron chi connectivity index (χ1n) is 6.08. The predicted octanol–water partition coefficient (Wildman–Crippen LogP) is 0.874. The summed E-state index contributed by atoms with van der Waals surface area (Å²) in [7, 11) is -3.87. The van der Waals surface area contributed by atoms with E-state index in [9.17, 15) is 13.2 Å². The lowest BCUT2D eigenvalue weighted by Crippen LogP contribution is -2.26. The Morgan fingerprint density at radius 1 is 1.35 bits per heavy atom. The van der Waals surface area contributed by atoms with Crippen LogP contribution in [0.15, 0.2) is 21.5 Å². The summed E-state index contributed by atoms with van der Waals surface area (Å²) in [5.74, 6) is -0.328. The van der Waals surface area contributed by atoms with Crippen molar-refractivity contribution in [3.05, 3.63) is 27.7 Å². The molecular formula is C12H18BrN3O3S. The molecule has 0 aliphatic rings. The van der Waals surface area contributed by atoms with Crippen molar-refractivity contribution >= 4 is 31.9 Å². The van der Waals surface area contributed by atoms with Gasteiger partial charge in [0.2, 0.25) is 10.0 Å². The second-order valence-electron chi connectivity index (χ2n) is 4.37. The number of hydrogen-bond donors (Lipinski definition) is 3. The van der Waals surface area contributed by atoms with Gasteiger partial charge in [0.1, 0.15) is 0 Å². The monoisotopic (exact) mass is 363 g/mol. The number of carbonyl (C=O) groups is 1. The van der Waals surface area contributed by atoms with Crippen LogP contribution in [0, 0.1) is 6.92 Å². The van der Waals surface area contributed by atoms with Crippen LogP contribution in [0.1, 0.15) is 28.8 Å². The minimum atomic E-state index is -3.87. The molecular weight excluding hydrogens is 346 g/mol. The molecule has 0 atom stereocenters. The Hall–Kier alpha value is -0.960. The largest absolute Gasteiger partial charge is 0.352 e. The number of nitrogens with two attached hydrogens (primary N) is 2. The van der Waals surface area contributed by atoms with E-state index >= 15 is 0 Å². The Bertz CT molecular complexity index is 602. The van der Waals surface area contributed by atoms with Crippen LogP contribution in [0.5, 0.6) is 0 Å². The third-order valence-electron chi connectivity index (χ3n) is 2.79. The van der Waals surface area contributed by atoms with E-state index in [0.717, 1.165) is 12.8 Å². The molecule has 0 saturated heterocycles. The summed E-state index contributed by atoms with van der Waals surface area (Å²) in [4.78, 5) is 12.0. The van der Waals surface area contributed by atoms with Gasteiger partial charge in [0.05, 0.1) is 4.90 Å². The number of halogens is 1. The Morgan fingerprint density at radius 3 is 2.55 bits per heavy atom. The number of hydrogen-bond acceptors (Lipinski definition) is 4. The molecule has 0 bridgehead atoms. The number of primary sulfonamides is 1. The Balaban J connectivity index is 3.01. The van der Waals surface area contributed by atoms with Gasteiger partial charge in [-0.25, -0.2) is 13.6 Å². The van der Waals surface area contributed by atoms with Crippen LogP contribution in [-0.2, 0) is 10.0 Å². The molecule has 0 saturated carbocycles. The van der Waals surface area contributed by atoms with E-state index < -0.39 is 10.0 Å². The number of nitrogens with one attached hydrogen (secondary N) is 1. The highest BCUT2D eigenvalue weighted by atomic mass is 79.9. The van der Waals surface area contributed by atoms with Gasteiger partial charge in [0, 0.05) is 16.6 Å². The Kier molecular flexibility index (Phi) is 6.12. The Morgan fingerprint density at radius 2 is 2.00 bits per heavy atom. The van der Waals surface area contributed by atoms with Gasteiger partial charge in [-0.05, 0) is 44.0 Å². The standard InChI is InChI=1S/C12H18BrN3O3S/c1-8-10(12(17)16-5-3-2-4-14)6-9(13)7-11(8)20(15,18)19/h6-7H,2-5,14H2,1H3,(H,16,17)(H2,15,18,19). The molecule has 0 aliphatic carbocycles. The van der Waals surface area contributed by atoms with E-state index in [1.165, 1.54) is 6.07 Å². The molecule has 0 heterocycles. The lowest BCUT2D eigenvalue weighted by atomic mass is 10.1. The molecule has 0 aliphatic heterocycles. The van der Waals surface area contributed by atoms with Crippen LogP contribution in [-0.4, -0.2) is 27.4 Å². The van der Waals surface area contributed by atoms with Crippen molar-refractivity contribution in [2.45, 2.75) is 24.7 Å². The average molecular weight is 364 g/mol. The molecule has 1 rings (SSSR count). The van der Waals surface area contributed by atoms with Gasteiger partial charge in [0.15, 0.2) is 0 Å². The third kappa shape index (κ3) is 4.55. The smallest absolute Gasteiger partial charge is 0.251 e. The van der Waals surface area contributed by atoms with Crippen LogP contribution in [0.25, 0.3) is 0 Å². The topological polar surface area (TPSA) is 115 Å². The summed E-state index contributed by atoms with van der Waals surface area (Å²) < 4.78 is 23.5. The van der Waals surface area contributed by atoms with Crippen LogP contribution < -0.4 is 16.2 Å². The molecule has 112 valence electrons. The number of benzene rings is 1. The van der Waals surface area contributed by atoms with Crippen LogP contribution in [0.3, 0.4) is 0 Å².